The minimum atomic E-state index is -0.634. The van der Waals surface area contributed by atoms with Gasteiger partial charge in [0.15, 0.2) is 11.6 Å². The lowest BCUT2D eigenvalue weighted by atomic mass is 9.59. The summed E-state index contributed by atoms with van der Waals surface area (Å²) < 4.78 is 0.844. The number of anilines is 1. The Kier molecular flexibility index (Phi) is 5.58. The van der Waals surface area contributed by atoms with Crippen LogP contribution in [0.5, 0.6) is 5.75 Å². The summed E-state index contributed by atoms with van der Waals surface area (Å²) in [6, 6.07) is 17.9. The summed E-state index contributed by atoms with van der Waals surface area (Å²) in [5, 5.41) is 12.0. The molecule has 1 heterocycles. The van der Waals surface area contributed by atoms with Crippen LogP contribution in [-0.2, 0) is 19.2 Å². The third-order valence-electron chi connectivity index (χ3n) is 8.89. The standard InChI is InChI=1S/C33H24BrNO5/c1-16-14-27(37)30-25(31(16)38)15-24-22(28(30)21-12-13-26(36)20-5-3-2-4-19(20)21)10-11-23-29(24)33(40)35(32(23)39)18-8-6-17(34)7-9-18/h2-10,12-14,23-24,28-29,36H,11,15H2,1H3. The van der Waals surface area contributed by atoms with Gasteiger partial charge in [0.2, 0.25) is 11.8 Å². The van der Waals surface area contributed by atoms with Crippen molar-refractivity contribution in [2.75, 3.05) is 4.90 Å². The van der Waals surface area contributed by atoms with Crippen LogP contribution in [0.15, 0.2) is 99.6 Å². The molecule has 6 nitrogen and oxygen atoms in total. The molecule has 4 aliphatic rings. The van der Waals surface area contributed by atoms with Gasteiger partial charge in [-0.3, -0.25) is 24.1 Å². The summed E-state index contributed by atoms with van der Waals surface area (Å²) in [5.41, 5.74) is 3.46. The molecule has 1 aliphatic heterocycles. The number of allylic oxidation sites excluding steroid dienone is 6. The maximum Gasteiger partial charge on any atom is 0.238 e. The molecule has 0 radical (unpaired) electrons. The molecule has 0 bridgehead atoms. The van der Waals surface area contributed by atoms with Gasteiger partial charge in [-0.2, -0.15) is 0 Å². The van der Waals surface area contributed by atoms with Crippen molar-refractivity contribution in [2.45, 2.75) is 25.7 Å². The highest BCUT2D eigenvalue weighted by atomic mass is 79.9. The third kappa shape index (κ3) is 3.47. The fraction of sp³-hybridized carbons (Fsp3) is 0.212. The molecule has 7 heteroatoms. The van der Waals surface area contributed by atoms with Crippen LogP contribution in [0.25, 0.3) is 10.8 Å². The van der Waals surface area contributed by atoms with Gasteiger partial charge in [-0.1, -0.05) is 57.9 Å². The number of benzene rings is 3. The first-order chi connectivity index (χ1) is 19.3. The quantitative estimate of drug-likeness (QED) is 0.225. The number of fused-ring (bicyclic) bond motifs is 4. The van der Waals surface area contributed by atoms with E-state index in [2.05, 4.69) is 15.9 Å². The lowest BCUT2D eigenvalue weighted by Gasteiger charge is -2.42. The van der Waals surface area contributed by atoms with Crippen molar-refractivity contribution in [1.82, 2.24) is 0 Å². The molecular formula is C33H24BrNO5. The van der Waals surface area contributed by atoms with Crippen molar-refractivity contribution in [2.24, 2.45) is 17.8 Å². The molecule has 198 valence electrons. The number of amides is 2. The van der Waals surface area contributed by atoms with E-state index in [-0.39, 0.29) is 35.6 Å². The number of phenols is 1. The number of nitrogens with zero attached hydrogens (tertiary/aromatic N) is 1. The van der Waals surface area contributed by atoms with E-state index in [0.29, 0.717) is 34.2 Å². The van der Waals surface area contributed by atoms with Crippen LogP contribution in [0.4, 0.5) is 5.69 Å². The van der Waals surface area contributed by atoms with Gasteiger partial charge >= 0.3 is 0 Å². The molecule has 7 rings (SSSR count). The summed E-state index contributed by atoms with van der Waals surface area (Å²) in [6.45, 7) is 1.64. The molecule has 1 fully saturated rings. The van der Waals surface area contributed by atoms with Gasteiger partial charge in [0, 0.05) is 32.5 Å². The van der Waals surface area contributed by atoms with Crippen LogP contribution in [0.1, 0.15) is 31.2 Å². The van der Waals surface area contributed by atoms with Gasteiger partial charge in [-0.15, -0.1) is 0 Å². The van der Waals surface area contributed by atoms with Crippen LogP contribution >= 0.6 is 15.9 Å². The Labute approximate surface area is 238 Å². The van der Waals surface area contributed by atoms with Gasteiger partial charge in [0.25, 0.3) is 0 Å². The van der Waals surface area contributed by atoms with E-state index in [1.807, 2.05) is 30.3 Å². The molecule has 3 aromatic carbocycles. The number of carbonyl (C=O) groups excluding carboxylic acids is 4. The number of hydrogen-bond acceptors (Lipinski definition) is 5. The van der Waals surface area contributed by atoms with E-state index in [1.165, 1.54) is 11.0 Å². The van der Waals surface area contributed by atoms with Crippen LogP contribution in [0, 0.1) is 17.8 Å². The number of ketones is 2. The monoisotopic (exact) mass is 593 g/mol. The second kappa shape index (κ2) is 8.96. The Balaban J connectivity index is 1.41. The van der Waals surface area contributed by atoms with Gasteiger partial charge in [-0.05, 0) is 73.0 Å². The minimum absolute atomic E-state index is 0.127. The van der Waals surface area contributed by atoms with Crippen molar-refractivity contribution in [3.63, 3.8) is 0 Å². The largest absolute Gasteiger partial charge is 0.507 e. The number of rotatable bonds is 2. The zero-order chi connectivity index (χ0) is 27.9. The van der Waals surface area contributed by atoms with Crippen LogP contribution in [0.2, 0.25) is 0 Å². The van der Waals surface area contributed by atoms with Gasteiger partial charge in [0.05, 0.1) is 17.5 Å². The van der Waals surface area contributed by atoms with Crippen molar-refractivity contribution >= 4 is 55.8 Å². The average Bonchev–Trinajstić information content (AvgIpc) is 3.21. The summed E-state index contributed by atoms with van der Waals surface area (Å²) in [5.74, 6) is -2.91. The lowest BCUT2D eigenvalue weighted by molar-refractivity contribution is -0.123. The zero-order valence-electron chi connectivity index (χ0n) is 21.6. The highest BCUT2D eigenvalue weighted by Crippen LogP contribution is 2.56. The fourth-order valence-electron chi connectivity index (χ4n) is 7.14. The minimum Gasteiger partial charge on any atom is -0.507 e. The highest BCUT2D eigenvalue weighted by molar-refractivity contribution is 9.10. The molecule has 0 saturated carbocycles. The molecular weight excluding hydrogens is 570 g/mol. The second-order valence-corrected chi connectivity index (χ2v) is 11.9. The van der Waals surface area contributed by atoms with Gasteiger partial charge in [0.1, 0.15) is 5.75 Å². The van der Waals surface area contributed by atoms with E-state index < -0.39 is 23.7 Å². The van der Waals surface area contributed by atoms with Crippen molar-refractivity contribution in [1.29, 1.82) is 0 Å². The molecule has 3 aliphatic carbocycles. The molecule has 3 aromatic rings. The van der Waals surface area contributed by atoms with E-state index in [0.717, 1.165) is 21.0 Å². The summed E-state index contributed by atoms with van der Waals surface area (Å²) >= 11 is 3.41. The summed E-state index contributed by atoms with van der Waals surface area (Å²) in [4.78, 5) is 56.0. The Morgan fingerprint density at radius 2 is 1.60 bits per heavy atom. The van der Waals surface area contributed by atoms with Crippen molar-refractivity contribution in [3.8, 4) is 5.75 Å². The summed E-state index contributed by atoms with van der Waals surface area (Å²) in [7, 11) is 0. The molecule has 0 aromatic heterocycles. The predicted octanol–water partition coefficient (Wildman–Crippen LogP) is 5.94. The molecule has 40 heavy (non-hydrogen) atoms. The van der Waals surface area contributed by atoms with Crippen molar-refractivity contribution in [3.05, 3.63) is 105 Å². The molecule has 4 atom stereocenters. The average molecular weight is 594 g/mol. The first kappa shape index (κ1) is 24.9. The normalized spacial score (nSPS) is 26.0. The number of Topliss-reactive ketones (excluding diaryl/α,β-unsaturated/α-hetero) is 1. The van der Waals surface area contributed by atoms with E-state index in [1.54, 1.807) is 43.3 Å². The maximum atomic E-state index is 14.0. The predicted molar refractivity (Wildman–Crippen MR) is 154 cm³/mol. The molecule has 1 saturated heterocycles. The van der Waals surface area contributed by atoms with Crippen LogP contribution in [0.3, 0.4) is 0 Å². The van der Waals surface area contributed by atoms with E-state index in [9.17, 15) is 24.3 Å². The molecule has 1 N–H and O–H groups in total. The zero-order valence-corrected chi connectivity index (χ0v) is 23.1. The Hall–Kier alpha value is -4.10. The molecule has 4 unspecified atom stereocenters. The topological polar surface area (TPSA) is 91.8 Å². The van der Waals surface area contributed by atoms with Crippen LogP contribution in [-0.4, -0.2) is 28.5 Å². The van der Waals surface area contributed by atoms with Gasteiger partial charge in [-0.25, -0.2) is 0 Å². The fourth-order valence-corrected chi connectivity index (χ4v) is 7.40. The SMILES string of the molecule is CC1=CC(=O)C2=C(CC3C(=CCC4C(=O)N(c5ccc(Br)cc5)C(=O)C43)C2c2ccc(O)c3ccccc23)C1=O. The first-order valence-electron chi connectivity index (χ1n) is 13.3. The number of aromatic hydroxyl groups is 1. The summed E-state index contributed by atoms with van der Waals surface area (Å²) in [6.07, 6.45) is 4.03. The second-order valence-electron chi connectivity index (χ2n) is 10.9. The van der Waals surface area contributed by atoms with Crippen molar-refractivity contribution < 1.29 is 24.3 Å². The Morgan fingerprint density at radius 3 is 2.35 bits per heavy atom. The first-order valence-corrected chi connectivity index (χ1v) is 14.1. The Morgan fingerprint density at radius 1 is 0.875 bits per heavy atom. The Bertz CT molecular complexity index is 1780. The number of carbonyl (C=O) groups is 4. The van der Waals surface area contributed by atoms with E-state index in [4.69, 9.17) is 0 Å². The third-order valence-corrected chi connectivity index (χ3v) is 9.42. The number of phenolic OH excluding ortho intramolecular Hbond substituents is 1. The lowest BCUT2D eigenvalue weighted by Crippen LogP contribution is -2.39. The maximum absolute atomic E-state index is 14.0. The van der Waals surface area contributed by atoms with Crippen LogP contribution < -0.4 is 4.90 Å². The van der Waals surface area contributed by atoms with Gasteiger partial charge < -0.3 is 5.11 Å². The number of hydrogen-bond donors (Lipinski definition) is 1. The number of halogens is 1. The number of imide groups is 1. The highest BCUT2D eigenvalue weighted by Gasteiger charge is 2.56. The van der Waals surface area contributed by atoms with E-state index >= 15 is 0 Å². The molecule has 0 spiro atoms. The smallest absolute Gasteiger partial charge is 0.238 e. The molecule has 2 amide bonds.